The average molecular weight is 210 g/mol. The molecule has 2 N–H and O–H groups in total. The van der Waals surface area contributed by atoms with E-state index in [1.807, 2.05) is 0 Å². The summed E-state index contributed by atoms with van der Waals surface area (Å²) in [5.41, 5.74) is -0.0536. The molecule has 0 aromatic rings. The molecule has 0 spiro atoms. The number of aliphatic hydroxyl groups is 1. The van der Waals surface area contributed by atoms with Gasteiger partial charge in [0.05, 0.1) is 12.7 Å². The number of rotatable bonds is 5. The molecule has 3 heteroatoms. The topological polar surface area (TPSA) is 56.0 Å². The van der Waals surface area contributed by atoms with Crippen LogP contribution in [-0.4, -0.2) is 23.8 Å². The summed E-state index contributed by atoms with van der Waals surface area (Å²) in [7, 11) is 0. The largest absolute Gasteiger partial charge is 0.394 e. The van der Waals surface area contributed by atoms with Gasteiger partial charge in [0.15, 0.2) is 0 Å². The van der Waals surface area contributed by atoms with Crippen LogP contribution in [0.15, 0.2) is 0 Å². The molecule has 0 atom stereocenters. The van der Waals surface area contributed by atoms with Crippen LogP contribution in [-0.2, 0) is 0 Å². The summed E-state index contributed by atoms with van der Waals surface area (Å²) in [5, 5.41) is 21.3. The lowest BCUT2D eigenvalue weighted by Crippen LogP contribution is -2.51. The van der Waals surface area contributed by atoms with Crippen LogP contribution in [0.1, 0.15) is 45.4 Å². The van der Waals surface area contributed by atoms with E-state index in [1.165, 1.54) is 12.8 Å². The fourth-order valence-electron chi connectivity index (χ4n) is 2.23. The minimum absolute atomic E-state index is 0.0536. The van der Waals surface area contributed by atoms with Gasteiger partial charge in [-0.3, -0.25) is 0 Å². The molecule has 0 unspecified atom stereocenters. The van der Waals surface area contributed by atoms with E-state index in [9.17, 15) is 5.11 Å². The lowest BCUT2D eigenvalue weighted by atomic mass is 9.77. The third kappa shape index (κ3) is 3.81. The number of hydrogen-bond donors (Lipinski definition) is 2. The summed E-state index contributed by atoms with van der Waals surface area (Å²) < 4.78 is 0. The first kappa shape index (κ1) is 12.5. The molecule has 1 saturated carbocycles. The van der Waals surface area contributed by atoms with Crippen LogP contribution in [0, 0.1) is 17.2 Å². The Bertz CT molecular complexity index is 214. The van der Waals surface area contributed by atoms with Gasteiger partial charge in [-0.05, 0) is 44.6 Å². The summed E-state index contributed by atoms with van der Waals surface area (Å²) in [5.74, 6) is 0.797. The molecule has 86 valence electrons. The van der Waals surface area contributed by atoms with Crippen molar-refractivity contribution in [3.63, 3.8) is 0 Å². The second kappa shape index (κ2) is 6.09. The van der Waals surface area contributed by atoms with Gasteiger partial charge in [0, 0.05) is 12.0 Å². The molecular formula is C12H22N2O. The maximum Gasteiger partial charge on any atom is 0.0622 e. The van der Waals surface area contributed by atoms with Crippen molar-refractivity contribution in [3.05, 3.63) is 0 Å². The van der Waals surface area contributed by atoms with Crippen molar-refractivity contribution in [2.75, 3.05) is 13.2 Å². The smallest absolute Gasteiger partial charge is 0.0622 e. The van der Waals surface area contributed by atoms with Gasteiger partial charge in [0.25, 0.3) is 0 Å². The molecule has 0 heterocycles. The minimum atomic E-state index is -0.0536. The predicted octanol–water partition coefficient (Wildman–Crippen LogP) is 1.82. The third-order valence-electron chi connectivity index (χ3n) is 3.50. The Labute approximate surface area is 92.5 Å². The van der Waals surface area contributed by atoms with E-state index < -0.39 is 0 Å². The van der Waals surface area contributed by atoms with Crippen molar-refractivity contribution in [2.24, 2.45) is 5.92 Å². The number of nitrogens with one attached hydrogen (secondary N) is 1. The molecule has 0 bridgehead atoms. The molecule has 1 fully saturated rings. The van der Waals surface area contributed by atoms with E-state index in [-0.39, 0.29) is 12.1 Å². The van der Waals surface area contributed by atoms with E-state index in [4.69, 9.17) is 5.26 Å². The van der Waals surface area contributed by atoms with Crippen LogP contribution >= 0.6 is 0 Å². The molecule has 0 aliphatic heterocycles. The summed E-state index contributed by atoms with van der Waals surface area (Å²) in [6.07, 6.45) is 6.02. The Hall–Kier alpha value is -0.590. The molecule has 1 aliphatic rings. The third-order valence-corrected chi connectivity index (χ3v) is 3.50. The van der Waals surface area contributed by atoms with Gasteiger partial charge in [0.2, 0.25) is 0 Å². The van der Waals surface area contributed by atoms with Gasteiger partial charge >= 0.3 is 0 Å². The average Bonchev–Trinajstić information content (AvgIpc) is 2.28. The minimum Gasteiger partial charge on any atom is -0.394 e. The maximum atomic E-state index is 9.46. The van der Waals surface area contributed by atoms with Gasteiger partial charge in [-0.2, -0.15) is 5.26 Å². The Morgan fingerprint density at radius 1 is 1.47 bits per heavy atom. The fraction of sp³-hybridized carbons (Fsp3) is 0.917. The number of nitriles is 1. The lowest BCUT2D eigenvalue weighted by molar-refractivity contribution is 0.106. The standard InChI is InChI=1S/C12H22N2O/c1-11-4-6-12(10-15,7-5-11)14-9-3-2-8-13/h11,14-15H,2-7,9-10H2,1H3. The second-order valence-corrected chi connectivity index (χ2v) is 4.81. The van der Waals surface area contributed by atoms with Crippen LogP contribution in [0.2, 0.25) is 0 Å². The first-order valence-electron chi connectivity index (χ1n) is 5.95. The Morgan fingerprint density at radius 3 is 2.67 bits per heavy atom. The number of nitrogens with zero attached hydrogens (tertiary/aromatic N) is 1. The van der Waals surface area contributed by atoms with E-state index in [0.29, 0.717) is 6.42 Å². The highest BCUT2D eigenvalue weighted by atomic mass is 16.3. The zero-order chi connectivity index (χ0) is 11.1. The summed E-state index contributed by atoms with van der Waals surface area (Å²) in [6, 6.07) is 2.14. The van der Waals surface area contributed by atoms with Gasteiger partial charge in [-0.1, -0.05) is 6.92 Å². The maximum absolute atomic E-state index is 9.46. The van der Waals surface area contributed by atoms with Gasteiger partial charge in [-0.25, -0.2) is 0 Å². The first-order valence-corrected chi connectivity index (χ1v) is 5.95. The van der Waals surface area contributed by atoms with Crippen molar-refractivity contribution in [1.82, 2.24) is 5.32 Å². The first-order chi connectivity index (χ1) is 7.22. The van der Waals surface area contributed by atoms with Crippen molar-refractivity contribution in [3.8, 4) is 6.07 Å². The molecule has 1 aliphatic carbocycles. The van der Waals surface area contributed by atoms with Crippen LogP contribution in [0.5, 0.6) is 0 Å². The zero-order valence-electron chi connectivity index (χ0n) is 9.63. The van der Waals surface area contributed by atoms with E-state index in [0.717, 1.165) is 31.7 Å². The number of aliphatic hydroxyl groups excluding tert-OH is 1. The van der Waals surface area contributed by atoms with Crippen LogP contribution < -0.4 is 5.32 Å². The van der Waals surface area contributed by atoms with E-state index in [1.54, 1.807) is 0 Å². The van der Waals surface area contributed by atoms with E-state index >= 15 is 0 Å². The number of hydrogen-bond acceptors (Lipinski definition) is 3. The Morgan fingerprint density at radius 2 is 2.13 bits per heavy atom. The molecule has 0 saturated heterocycles. The van der Waals surface area contributed by atoms with Crippen LogP contribution in [0.4, 0.5) is 0 Å². The fourth-order valence-corrected chi connectivity index (χ4v) is 2.23. The molecule has 0 aromatic carbocycles. The predicted molar refractivity (Wildman–Crippen MR) is 60.3 cm³/mol. The zero-order valence-corrected chi connectivity index (χ0v) is 9.63. The lowest BCUT2D eigenvalue weighted by Gasteiger charge is -2.39. The van der Waals surface area contributed by atoms with Crippen molar-refractivity contribution >= 4 is 0 Å². The normalized spacial score (nSPS) is 31.1. The van der Waals surface area contributed by atoms with Gasteiger partial charge in [-0.15, -0.1) is 0 Å². The highest BCUT2D eigenvalue weighted by Gasteiger charge is 2.32. The molecular weight excluding hydrogens is 188 g/mol. The summed E-state index contributed by atoms with van der Waals surface area (Å²) >= 11 is 0. The summed E-state index contributed by atoms with van der Waals surface area (Å²) in [6.45, 7) is 3.35. The van der Waals surface area contributed by atoms with Crippen molar-refractivity contribution in [2.45, 2.75) is 51.0 Å². The van der Waals surface area contributed by atoms with Crippen LogP contribution in [0.25, 0.3) is 0 Å². The molecule has 1 rings (SSSR count). The SMILES string of the molecule is CC1CCC(CO)(NCCCC#N)CC1. The highest BCUT2D eigenvalue weighted by molar-refractivity contribution is 4.91. The Kier molecular flexibility index (Phi) is 5.07. The van der Waals surface area contributed by atoms with Crippen LogP contribution in [0.3, 0.4) is 0 Å². The molecule has 0 aromatic heterocycles. The Balaban J connectivity index is 2.30. The highest BCUT2D eigenvalue weighted by Crippen LogP contribution is 2.31. The molecule has 0 amide bonds. The number of unbranched alkanes of at least 4 members (excludes halogenated alkanes) is 1. The molecule has 3 nitrogen and oxygen atoms in total. The van der Waals surface area contributed by atoms with Crippen molar-refractivity contribution < 1.29 is 5.11 Å². The summed E-state index contributed by atoms with van der Waals surface area (Å²) in [4.78, 5) is 0. The second-order valence-electron chi connectivity index (χ2n) is 4.81. The quantitative estimate of drug-likeness (QED) is 0.681. The molecule has 15 heavy (non-hydrogen) atoms. The molecule has 0 radical (unpaired) electrons. The van der Waals surface area contributed by atoms with E-state index in [2.05, 4.69) is 18.3 Å². The van der Waals surface area contributed by atoms with Gasteiger partial charge < -0.3 is 10.4 Å². The van der Waals surface area contributed by atoms with Crippen molar-refractivity contribution in [1.29, 1.82) is 5.26 Å². The van der Waals surface area contributed by atoms with Gasteiger partial charge in [0.1, 0.15) is 0 Å². The monoisotopic (exact) mass is 210 g/mol.